The number of amides is 1. The van der Waals surface area contributed by atoms with Crippen LogP contribution in [0.3, 0.4) is 0 Å². The van der Waals surface area contributed by atoms with Gasteiger partial charge in [0.05, 0.1) is 6.61 Å². The van der Waals surface area contributed by atoms with Crippen LogP contribution in [0.4, 0.5) is 17.3 Å². The maximum absolute atomic E-state index is 12.5. The van der Waals surface area contributed by atoms with Crippen molar-refractivity contribution in [1.29, 1.82) is 0 Å². The van der Waals surface area contributed by atoms with E-state index in [0.29, 0.717) is 18.1 Å². The summed E-state index contributed by atoms with van der Waals surface area (Å²) in [6.07, 6.45) is 4.18. The number of hydrogen-bond donors (Lipinski definition) is 2. The van der Waals surface area contributed by atoms with Crippen LogP contribution in [0.5, 0.6) is 5.75 Å². The smallest absolute Gasteiger partial charge is 0.255 e. The molecule has 4 rings (SSSR count). The lowest BCUT2D eigenvalue weighted by atomic mass is 10.1. The molecule has 0 saturated carbocycles. The molecule has 0 saturated heterocycles. The Hall–Kier alpha value is -3.41. The van der Waals surface area contributed by atoms with Crippen molar-refractivity contribution in [2.45, 2.75) is 6.42 Å². The van der Waals surface area contributed by atoms with Gasteiger partial charge in [-0.05, 0) is 48.0 Å². The van der Waals surface area contributed by atoms with Gasteiger partial charge in [0.2, 0.25) is 5.95 Å². The third-order valence-electron chi connectivity index (χ3n) is 3.89. The zero-order valence-electron chi connectivity index (χ0n) is 13.4. The second-order valence-corrected chi connectivity index (χ2v) is 5.65. The van der Waals surface area contributed by atoms with Crippen molar-refractivity contribution in [3.05, 3.63) is 72.1 Å². The summed E-state index contributed by atoms with van der Waals surface area (Å²) in [7, 11) is 0. The van der Waals surface area contributed by atoms with Crippen molar-refractivity contribution in [1.82, 2.24) is 9.97 Å². The van der Waals surface area contributed by atoms with Gasteiger partial charge >= 0.3 is 0 Å². The molecule has 0 bridgehead atoms. The molecular formula is C19H16N4O2. The highest BCUT2D eigenvalue weighted by Gasteiger charge is 2.13. The van der Waals surface area contributed by atoms with Crippen molar-refractivity contribution in [2.75, 3.05) is 17.2 Å². The first-order valence-electron chi connectivity index (χ1n) is 7.99. The van der Waals surface area contributed by atoms with E-state index < -0.39 is 0 Å². The Labute approximate surface area is 144 Å². The molecule has 0 fully saturated rings. The number of hydrogen-bond acceptors (Lipinski definition) is 5. The molecule has 1 amide bonds. The van der Waals surface area contributed by atoms with Crippen LogP contribution in [0.15, 0.2) is 60.9 Å². The molecule has 2 N–H and O–H groups in total. The predicted molar refractivity (Wildman–Crippen MR) is 95.4 cm³/mol. The Balaban J connectivity index is 1.49. The molecule has 0 atom stereocenters. The SMILES string of the molecule is O=C(Nc1ccc2c(c1)CCO2)c1cccc(Nc2ncccn2)c1. The Bertz CT molecular complexity index is 912. The summed E-state index contributed by atoms with van der Waals surface area (Å²) in [6, 6.07) is 14.7. The quantitative estimate of drug-likeness (QED) is 0.766. The highest BCUT2D eigenvalue weighted by atomic mass is 16.5. The van der Waals surface area contributed by atoms with Crippen LogP contribution in [0.2, 0.25) is 0 Å². The van der Waals surface area contributed by atoms with Crippen molar-refractivity contribution < 1.29 is 9.53 Å². The summed E-state index contributed by atoms with van der Waals surface area (Å²) < 4.78 is 5.48. The van der Waals surface area contributed by atoms with Gasteiger partial charge in [-0.1, -0.05) is 6.07 Å². The second-order valence-electron chi connectivity index (χ2n) is 5.65. The third-order valence-corrected chi connectivity index (χ3v) is 3.89. The van der Waals surface area contributed by atoms with Crippen molar-refractivity contribution in [3.8, 4) is 5.75 Å². The zero-order valence-corrected chi connectivity index (χ0v) is 13.4. The Morgan fingerprint density at radius 3 is 2.76 bits per heavy atom. The molecule has 2 heterocycles. The third kappa shape index (κ3) is 3.42. The average Bonchev–Trinajstić information content (AvgIpc) is 3.10. The van der Waals surface area contributed by atoms with Gasteiger partial charge in [0.25, 0.3) is 5.91 Å². The first-order chi connectivity index (χ1) is 12.3. The van der Waals surface area contributed by atoms with Gasteiger partial charge in [0.1, 0.15) is 5.75 Å². The molecule has 1 aliphatic heterocycles. The van der Waals surface area contributed by atoms with Crippen LogP contribution in [0.1, 0.15) is 15.9 Å². The van der Waals surface area contributed by atoms with Gasteiger partial charge in [-0.3, -0.25) is 4.79 Å². The van der Waals surface area contributed by atoms with E-state index >= 15 is 0 Å². The van der Waals surface area contributed by atoms with E-state index in [1.54, 1.807) is 30.6 Å². The topological polar surface area (TPSA) is 76.1 Å². The fourth-order valence-electron chi connectivity index (χ4n) is 2.70. The van der Waals surface area contributed by atoms with E-state index in [9.17, 15) is 4.79 Å². The number of carbonyl (C=O) groups is 1. The minimum Gasteiger partial charge on any atom is -0.493 e. The van der Waals surface area contributed by atoms with Gasteiger partial charge in [0.15, 0.2) is 0 Å². The van der Waals surface area contributed by atoms with Gasteiger partial charge in [-0.25, -0.2) is 9.97 Å². The minimum absolute atomic E-state index is 0.170. The number of fused-ring (bicyclic) bond motifs is 1. The Kier molecular flexibility index (Phi) is 4.00. The molecule has 3 aromatic rings. The number of aromatic nitrogens is 2. The molecule has 2 aromatic carbocycles. The highest BCUT2D eigenvalue weighted by molar-refractivity contribution is 6.05. The fraction of sp³-hybridized carbons (Fsp3) is 0.105. The highest BCUT2D eigenvalue weighted by Crippen LogP contribution is 2.28. The standard InChI is InChI=1S/C19H16N4O2/c24-18(22-16-5-6-17-13(11-16)7-10-25-17)14-3-1-4-15(12-14)23-19-20-8-2-9-21-19/h1-6,8-9,11-12H,7,10H2,(H,22,24)(H,20,21,23). The maximum atomic E-state index is 12.5. The predicted octanol–water partition coefficient (Wildman–Crippen LogP) is 3.41. The number of ether oxygens (including phenoxy) is 1. The molecular weight excluding hydrogens is 316 g/mol. The lowest BCUT2D eigenvalue weighted by molar-refractivity contribution is 0.102. The first-order valence-corrected chi connectivity index (χ1v) is 7.99. The molecule has 0 spiro atoms. The van der Waals surface area contributed by atoms with Crippen LogP contribution >= 0.6 is 0 Å². The van der Waals surface area contributed by atoms with E-state index in [0.717, 1.165) is 29.1 Å². The molecule has 6 heteroatoms. The lowest BCUT2D eigenvalue weighted by Crippen LogP contribution is -2.12. The van der Waals surface area contributed by atoms with E-state index in [-0.39, 0.29) is 5.91 Å². The number of rotatable bonds is 4. The monoisotopic (exact) mass is 332 g/mol. The van der Waals surface area contributed by atoms with Crippen LogP contribution < -0.4 is 15.4 Å². The summed E-state index contributed by atoms with van der Waals surface area (Å²) in [5, 5.41) is 6.00. The van der Waals surface area contributed by atoms with E-state index in [1.807, 2.05) is 30.3 Å². The van der Waals surface area contributed by atoms with Crippen LogP contribution in [-0.4, -0.2) is 22.5 Å². The second kappa shape index (κ2) is 6.60. The van der Waals surface area contributed by atoms with E-state index in [4.69, 9.17) is 4.74 Å². The van der Waals surface area contributed by atoms with Crippen molar-refractivity contribution in [3.63, 3.8) is 0 Å². The number of carbonyl (C=O) groups excluding carboxylic acids is 1. The fourth-order valence-corrected chi connectivity index (χ4v) is 2.70. The van der Waals surface area contributed by atoms with Crippen LogP contribution in [0, 0.1) is 0 Å². The number of anilines is 3. The molecule has 0 aliphatic carbocycles. The van der Waals surface area contributed by atoms with Gasteiger partial charge in [-0.15, -0.1) is 0 Å². The summed E-state index contributed by atoms with van der Waals surface area (Å²) in [5.74, 6) is 1.21. The molecule has 124 valence electrons. The summed E-state index contributed by atoms with van der Waals surface area (Å²) in [5.41, 5.74) is 3.19. The zero-order chi connectivity index (χ0) is 17.1. The normalized spacial score (nSPS) is 12.2. The molecule has 1 aliphatic rings. The molecule has 1 aromatic heterocycles. The van der Waals surface area contributed by atoms with Crippen LogP contribution in [-0.2, 0) is 6.42 Å². The van der Waals surface area contributed by atoms with Crippen molar-refractivity contribution in [2.24, 2.45) is 0 Å². The molecule has 25 heavy (non-hydrogen) atoms. The average molecular weight is 332 g/mol. The minimum atomic E-state index is -0.170. The maximum Gasteiger partial charge on any atom is 0.255 e. The van der Waals surface area contributed by atoms with E-state index in [2.05, 4.69) is 20.6 Å². The number of nitrogens with one attached hydrogen (secondary N) is 2. The Morgan fingerprint density at radius 1 is 1.00 bits per heavy atom. The first kappa shape index (κ1) is 15.1. The van der Waals surface area contributed by atoms with Crippen LogP contribution in [0.25, 0.3) is 0 Å². The summed E-state index contributed by atoms with van der Waals surface area (Å²) in [6.45, 7) is 0.696. The van der Waals surface area contributed by atoms with Gasteiger partial charge in [-0.2, -0.15) is 0 Å². The summed E-state index contributed by atoms with van der Waals surface area (Å²) >= 11 is 0. The number of benzene rings is 2. The lowest BCUT2D eigenvalue weighted by Gasteiger charge is -2.09. The largest absolute Gasteiger partial charge is 0.493 e. The molecule has 0 unspecified atom stereocenters. The summed E-state index contributed by atoms with van der Waals surface area (Å²) in [4.78, 5) is 20.7. The number of nitrogens with zero attached hydrogens (tertiary/aromatic N) is 2. The Morgan fingerprint density at radius 2 is 1.88 bits per heavy atom. The van der Waals surface area contributed by atoms with Gasteiger partial charge < -0.3 is 15.4 Å². The molecule has 0 radical (unpaired) electrons. The van der Waals surface area contributed by atoms with E-state index in [1.165, 1.54) is 0 Å². The van der Waals surface area contributed by atoms with Crippen molar-refractivity contribution >= 4 is 23.2 Å². The molecule has 6 nitrogen and oxygen atoms in total. The van der Waals surface area contributed by atoms with Gasteiger partial charge in [0, 0.05) is 35.8 Å².